The third-order valence-corrected chi connectivity index (χ3v) is 9.96. The molecule has 11 heteroatoms. The van der Waals surface area contributed by atoms with Gasteiger partial charge in [-0.15, -0.1) is 0 Å². The van der Waals surface area contributed by atoms with Crippen LogP contribution in [0.5, 0.6) is 0 Å². The van der Waals surface area contributed by atoms with Crippen molar-refractivity contribution in [3.8, 4) is 0 Å². The van der Waals surface area contributed by atoms with E-state index in [1.54, 1.807) is 6.92 Å². The number of aromatic amines is 1. The minimum Gasteiger partial charge on any atom is -0.414 e. The van der Waals surface area contributed by atoms with Crippen molar-refractivity contribution < 1.29 is 13.9 Å². The molecule has 1 aromatic rings. The molecule has 0 aromatic carbocycles. The molecule has 0 bridgehead atoms. The van der Waals surface area contributed by atoms with Crippen LogP contribution >= 0.6 is 0 Å². The second-order valence-electron chi connectivity index (χ2n) is 8.48. The molecule has 1 fully saturated rings. The van der Waals surface area contributed by atoms with Gasteiger partial charge in [0.15, 0.2) is 8.32 Å². The Morgan fingerprint density at radius 3 is 2.71 bits per heavy atom. The highest BCUT2D eigenvalue weighted by molar-refractivity contribution is 6.74. The van der Waals surface area contributed by atoms with Gasteiger partial charge in [-0.3, -0.25) is 14.3 Å². The first-order chi connectivity index (χ1) is 13.0. The van der Waals surface area contributed by atoms with E-state index >= 15 is 0 Å². The zero-order chi connectivity index (χ0) is 21.1. The quantitative estimate of drug-likeness (QED) is 0.319. The Labute approximate surface area is 164 Å². The summed E-state index contributed by atoms with van der Waals surface area (Å²) >= 11 is 0. The number of azide groups is 1. The summed E-state index contributed by atoms with van der Waals surface area (Å²) in [6.07, 6.45) is 0.421. The first-order valence-corrected chi connectivity index (χ1v) is 12.1. The summed E-state index contributed by atoms with van der Waals surface area (Å²) in [6, 6.07) is 0. The Kier molecular flexibility index (Phi) is 6.89. The summed E-state index contributed by atoms with van der Waals surface area (Å²) in [6.45, 7) is 12.5. The van der Waals surface area contributed by atoms with E-state index in [9.17, 15) is 9.59 Å². The lowest BCUT2D eigenvalue weighted by molar-refractivity contribution is -0.0588. The predicted octanol–water partition coefficient (Wildman–Crippen LogP) is 2.81. The van der Waals surface area contributed by atoms with Gasteiger partial charge in [0.25, 0.3) is 5.56 Å². The molecule has 28 heavy (non-hydrogen) atoms. The highest BCUT2D eigenvalue weighted by atomic mass is 28.4. The topological polar surface area (TPSA) is 131 Å². The molecule has 1 saturated heterocycles. The molecule has 156 valence electrons. The normalized spacial score (nSPS) is 22.9. The summed E-state index contributed by atoms with van der Waals surface area (Å²) in [4.78, 5) is 28.8. The molecule has 0 spiro atoms. The molecule has 0 unspecified atom stereocenters. The van der Waals surface area contributed by atoms with Gasteiger partial charge < -0.3 is 13.9 Å². The molecule has 2 heterocycles. The van der Waals surface area contributed by atoms with Crippen LogP contribution in [0.3, 0.4) is 0 Å². The van der Waals surface area contributed by atoms with Crippen molar-refractivity contribution in [3.63, 3.8) is 0 Å². The third-order valence-electron chi connectivity index (χ3n) is 5.46. The minimum absolute atomic E-state index is 0.0411. The lowest BCUT2D eigenvalue weighted by Crippen LogP contribution is -2.44. The lowest BCUT2D eigenvalue weighted by atomic mass is 10.2. The molecule has 2 rings (SSSR count). The first kappa shape index (κ1) is 22.4. The fraction of sp³-hybridized carbons (Fsp3) is 0.765. The van der Waals surface area contributed by atoms with E-state index in [1.165, 1.54) is 10.8 Å². The van der Waals surface area contributed by atoms with Crippen LogP contribution < -0.4 is 11.2 Å². The number of ether oxygens (including phenoxy) is 2. The Morgan fingerprint density at radius 2 is 2.11 bits per heavy atom. The molecule has 1 N–H and O–H groups in total. The second kappa shape index (κ2) is 8.62. The van der Waals surface area contributed by atoms with Crippen molar-refractivity contribution >= 4 is 8.32 Å². The van der Waals surface area contributed by atoms with Crippen LogP contribution in [0.1, 0.15) is 39.0 Å². The molecule has 3 atom stereocenters. The van der Waals surface area contributed by atoms with Crippen molar-refractivity contribution in [3.05, 3.63) is 43.0 Å². The van der Waals surface area contributed by atoms with Crippen molar-refractivity contribution in [1.29, 1.82) is 0 Å². The van der Waals surface area contributed by atoms with E-state index in [1.807, 2.05) is 0 Å². The second-order valence-corrected chi connectivity index (χ2v) is 13.3. The fourth-order valence-corrected chi connectivity index (χ4v) is 3.67. The molecule has 0 amide bonds. The van der Waals surface area contributed by atoms with E-state index in [0.29, 0.717) is 18.6 Å². The molecule has 1 aromatic heterocycles. The van der Waals surface area contributed by atoms with Gasteiger partial charge in [-0.25, -0.2) is 4.79 Å². The Bertz CT molecular complexity index is 853. The van der Waals surface area contributed by atoms with Gasteiger partial charge in [0.05, 0.1) is 12.7 Å². The summed E-state index contributed by atoms with van der Waals surface area (Å²) in [5, 5.41) is 3.45. The number of rotatable bonds is 7. The highest BCUT2D eigenvalue weighted by Gasteiger charge is 2.42. The van der Waals surface area contributed by atoms with Crippen molar-refractivity contribution in [2.45, 2.75) is 70.7 Å². The smallest absolute Gasteiger partial charge is 0.330 e. The maximum absolute atomic E-state index is 12.2. The minimum atomic E-state index is -2.00. The van der Waals surface area contributed by atoms with Crippen LogP contribution in [0.4, 0.5) is 0 Å². The fourth-order valence-electron chi connectivity index (χ4n) is 2.66. The van der Waals surface area contributed by atoms with Gasteiger partial charge >= 0.3 is 5.69 Å². The van der Waals surface area contributed by atoms with Crippen LogP contribution in [-0.2, 0) is 13.9 Å². The molecule has 0 aliphatic carbocycles. The van der Waals surface area contributed by atoms with E-state index in [2.05, 4.69) is 48.9 Å². The summed E-state index contributed by atoms with van der Waals surface area (Å²) in [5.74, 6) is 0. The average molecular weight is 412 g/mol. The number of hydrogen-bond acceptors (Lipinski definition) is 6. The van der Waals surface area contributed by atoms with Crippen LogP contribution in [-0.4, -0.2) is 43.4 Å². The zero-order valence-corrected chi connectivity index (χ0v) is 18.3. The largest absolute Gasteiger partial charge is 0.414 e. The van der Waals surface area contributed by atoms with Crippen LogP contribution in [0.15, 0.2) is 20.9 Å². The summed E-state index contributed by atoms with van der Waals surface area (Å²) < 4.78 is 19.3. The SMILES string of the molecule is Cc1cn([C@H]2C[C@H](OCN=[N+]=[N-])[C@@H](CO[Si](C)(C)C(C)(C)C)O2)c(=O)[nH]c1=O. The van der Waals surface area contributed by atoms with Crippen molar-refractivity contribution in [2.24, 2.45) is 5.11 Å². The van der Waals surface area contributed by atoms with Crippen LogP contribution in [0.25, 0.3) is 10.4 Å². The van der Waals surface area contributed by atoms with Crippen LogP contribution in [0.2, 0.25) is 18.1 Å². The number of aryl methyl sites for hydroxylation is 1. The maximum atomic E-state index is 12.2. The highest BCUT2D eigenvalue weighted by Crippen LogP contribution is 2.38. The van der Waals surface area contributed by atoms with E-state index < -0.39 is 38.0 Å². The van der Waals surface area contributed by atoms with E-state index in [0.717, 1.165) is 0 Å². The van der Waals surface area contributed by atoms with Gasteiger partial charge in [-0.05, 0) is 30.6 Å². The summed E-state index contributed by atoms with van der Waals surface area (Å²) in [7, 11) is -2.00. The van der Waals surface area contributed by atoms with Gasteiger partial charge in [-0.2, -0.15) is 0 Å². The van der Waals surface area contributed by atoms with E-state index in [-0.39, 0.29) is 11.8 Å². The number of nitrogens with one attached hydrogen (secondary N) is 1. The van der Waals surface area contributed by atoms with Gasteiger partial charge in [0.2, 0.25) is 0 Å². The maximum Gasteiger partial charge on any atom is 0.330 e. The molecular weight excluding hydrogens is 382 g/mol. The molecule has 1 aliphatic rings. The van der Waals surface area contributed by atoms with Crippen LogP contribution in [0, 0.1) is 6.92 Å². The van der Waals surface area contributed by atoms with Gasteiger partial charge in [0.1, 0.15) is 19.1 Å². The molecule has 10 nitrogen and oxygen atoms in total. The standard InChI is InChI=1S/C17H29N5O5Si/c1-11-8-22(16(24)20-15(11)23)14-7-12(25-10-19-21-18)13(27-14)9-26-28(5,6)17(2,3)4/h8,12-14H,7,9-10H2,1-6H3,(H,20,23,24)/t12-,13+,14+/m0/s1. The summed E-state index contributed by atoms with van der Waals surface area (Å²) in [5.41, 5.74) is 7.93. The zero-order valence-electron chi connectivity index (χ0n) is 17.3. The Morgan fingerprint density at radius 1 is 1.43 bits per heavy atom. The number of nitrogens with zero attached hydrogens (tertiary/aromatic N) is 4. The van der Waals surface area contributed by atoms with E-state index in [4.69, 9.17) is 19.4 Å². The van der Waals surface area contributed by atoms with Crippen molar-refractivity contribution in [2.75, 3.05) is 13.3 Å². The Hall–Kier alpha value is -1.91. The monoisotopic (exact) mass is 411 g/mol. The molecule has 1 aliphatic heterocycles. The average Bonchev–Trinajstić information content (AvgIpc) is 2.98. The van der Waals surface area contributed by atoms with Gasteiger partial charge in [-0.1, -0.05) is 25.9 Å². The number of H-pyrrole nitrogens is 1. The van der Waals surface area contributed by atoms with Gasteiger partial charge in [0, 0.05) is 23.1 Å². The predicted molar refractivity (Wildman–Crippen MR) is 107 cm³/mol. The molecule has 0 radical (unpaired) electrons. The Balaban J connectivity index is 2.20. The molecule has 0 saturated carbocycles. The lowest BCUT2D eigenvalue weighted by Gasteiger charge is -2.37. The number of hydrogen-bond donors (Lipinski definition) is 1. The number of aromatic nitrogens is 2. The third kappa shape index (κ3) is 5.12. The first-order valence-electron chi connectivity index (χ1n) is 9.20. The molecular formula is C17H29N5O5Si. The van der Waals surface area contributed by atoms with Crippen molar-refractivity contribution in [1.82, 2.24) is 9.55 Å².